The Morgan fingerprint density at radius 2 is 2.26 bits per heavy atom. The molecule has 2 aliphatic rings. The minimum absolute atomic E-state index is 0.311. The van der Waals surface area contributed by atoms with Crippen molar-refractivity contribution in [2.24, 2.45) is 5.92 Å². The molecule has 0 N–H and O–H groups in total. The molecule has 0 bridgehead atoms. The number of hydrogen-bond acceptors (Lipinski definition) is 6. The molecule has 0 amide bonds. The Morgan fingerprint density at radius 3 is 2.96 bits per heavy atom. The van der Waals surface area contributed by atoms with Gasteiger partial charge >= 0.3 is 0 Å². The zero-order chi connectivity index (χ0) is 15.8. The summed E-state index contributed by atoms with van der Waals surface area (Å²) in [5.41, 5.74) is 3.32. The summed E-state index contributed by atoms with van der Waals surface area (Å²) in [7, 11) is 1.76. The Morgan fingerprint density at radius 1 is 1.39 bits per heavy atom. The smallest absolute Gasteiger partial charge is 0.133 e. The SMILES string of the molecule is COC[C@@H]1CN(Cc2cc(C)on2)Cc2nnn(CC3CC3)c21. The third-order valence-corrected chi connectivity index (χ3v) is 4.64. The van der Waals surface area contributed by atoms with Crippen LogP contribution < -0.4 is 0 Å². The second-order valence-electron chi connectivity index (χ2n) is 6.80. The predicted molar refractivity (Wildman–Crippen MR) is 82.7 cm³/mol. The molecule has 0 radical (unpaired) electrons. The molecule has 0 aromatic carbocycles. The Labute approximate surface area is 135 Å². The molecule has 124 valence electrons. The van der Waals surface area contributed by atoms with Gasteiger partial charge in [0.15, 0.2) is 0 Å². The second-order valence-corrected chi connectivity index (χ2v) is 6.80. The van der Waals surface area contributed by atoms with Crippen molar-refractivity contribution in [2.75, 3.05) is 20.3 Å². The maximum atomic E-state index is 5.46. The van der Waals surface area contributed by atoms with E-state index in [0.29, 0.717) is 12.5 Å². The molecule has 1 saturated carbocycles. The van der Waals surface area contributed by atoms with E-state index >= 15 is 0 Å². The summed E-state index contributed by atoms with van der Waals surface area (Å²) in [4.78, 5) is 2.35. The highest BCUT2D eigenvalue weighted by molar-refractivity contribution is 5.20. The van der Waals surface area contributed by atoms with Crippen LogP contribution in [0.25, 0.3) is 0 Å². The van der Waals surface area contributed by atoms with Crippen LogP contribution in [0.3, 0.4) is 0 Å². The van der Waals surface area contributed by atoms with Gasteiger partial charge in [0.25, 0.3) is 0 Å². The molecule has 0 spiro atoms. The van der Waals surface area contributed by atoms with Gasteiger partial charge in [-0.05, 0) is 25.7 Å². The van der Waals surface area contributed by atoms with Gasteiger partial charge in [-0.15, -0.1) is 5.10 Å². The summed E-state index contributed by atoms with van der Waals surface area (Å²) < 4.78 is 12.7. The Bertz CT molecular complexity index is 676. The van der Waals surface area contributed by atoms with E-state index in [-0.39, 0.29) is 0 Å². The first kappa shape index (κ1) is 14.8. The third-order valence-electron chi connectivity index (χ3n) is 4.64. The average molecular weight is 317 g/mol. The molecule has 1 fully saturated rings. The second kappa shape index (κ2) is 6.05. The number of aromatic nitrogens is 4. The van der Waals surface area contributed by atoms with E-state index in [9.17, 15) is 0 Å². The molecule has 1 atom stereocenters. The lowest BCUT2D eigenvalue weighted by Gasteiger charge is -2.31. The molecule has 7 nitrogen and oxygen atoms in total. The van der Waals surface area contributed by atoms with Gasteiger partial charge < -0.3 is 9.26 Å². The highest BCUT2D eigenvalue weighted by Crippen LogP contribution is 2.34. The number of aryl methyl sites for hydroxylation is 1. The molecule has 3 heterocycles. The summed E-state index contributed by atoms with van der Waals surface area (Å²) in [6.45, 7) is 6.13. The minimum Gasteiger partial charge on any atom is -0.384 e. The van der Waals surface area contributed by atoms with Crippen LogP contribution in [-0.4, -0.2) is 45.3 Å². The number of methoxy groups -OCH3 is 1. The molecule has 2 aromatic heterocycles. The van der Waals surface area contributed by atoms with Gasteiger partial charge in [0.2, 0.25) is 0 Å². The molecule has 1 aliphatic heterocycles. The zero-order valence-corrected chi connectivity index (χ0v) is 13.7. The van der Waals surface area contributed by atoms with E-state index in [0.717, 1.165) is 49.2 Å². The fourth-order valence-corrected chi connectivity index (χ4v) is 3.44. The van der Waals surface area contributed by atoms with Crippen LogP contribution >= 0.6 is 0 Å². The highest BCUT2D eigenvalue weighted by Gasteiger charge is 2.33. The molecule has 2 aromatic rings. The van der Waals surface area contributed by atoms with E-state index in [1.807, 2.05) is 13.0 Å². The first-order chi connectivity index (χ1) is 11.2. The van der Waals surface area contributed by atoms with Crippen LogP contribution in [0.5, 0.6) is 0 Å². The maximum Gasteiger partial charge on any atom is 0.133 e. The van der Waals surface area contributed by atoms with Gasteiger partial charge in [-0.25, -0.2) is 4.68 Å². The summed E-state index contributed by atoms with van der Waals surface area (Å²) in [6.07, 6.45) is 2.64. The number of hydrogen-bond donors (Lipinski definition) is 0. The molecule has 23 heavy (non-hydrogen) atoms. The quantitative estimate of drug-likeness (QED) is 0.808. The first-order valence-electron chi connectivity index (χ1n) is 8.28. The molecular weight excluding hydrogens is 294 g/mol. The van der Waals surface area contributed by atoms with Crippen molar-refractivity contribution < 1.29 is 9.26 Å². The lowest BCUT2D eigenvalue weighted by atomic mass is 9.98. The van der Waals surface area contributed by atoms with Crippen molar-refractivity contribution in [1.82, 2.24) is 25.1 Å². The molecule has 1 aliphatic carbocycles. The lowest BCUT2D eigenvalue weighted by Crippen LogP contribution is -2.36. The number of nitrogens with zero attached hydrogens (tertiary/aromatic N) is 5. The summed E-state index contributed by atoms with van der Waals surface area (Å²) >= 11 is 0. The third kappa shape index (κ3) is 3.16. The molecule has 4 rings (SSSR count). The van der Waals surface area contributed by atoms with E-state index in [1.165, 1.54) is 18.5 Å². The Kier molecular flexibility index (Phi) is 3.90. The summed E-state index contributed by atoms with van der Waals surface area (Å²) in [5, 5.41) is 12.9. The van der Waals surface area contributed by atoms with E-state index in [2.05, 4.69) is 25.1 Å². The topological polar surface area (TPSA) is 69.2 Å². The van der Waals surface area contributed by atoms with Crippen LogP contribution in [0.15, 0.2) is 10.6 Å². The fraction of sp³-hybridized carbons (Fsp3) is 0.688. The lowest BCUT2D eigenvalue weighted by molar-refractivity contribution is 0.130. The zero-order valence-electron chi connectivity index (χ0n) is 13.7. The van der Waals surface area contributed by atoms with Crippen molar-refractivity contribution in [3.05, 3.63) is 28.9 Å². The van der Waals surface area contributed by atoms with Crippen molar-refractivity contribution >= 4 is 0 Å². The van der Waals surface area contributed by atoms with Gasteiger partial charge in [-0.3, -0.25) is 4.90 Å². The predicted octanol–water partition coefficient (Wildman–Crippen LogP) is 1.73. The van der Waals surface area contributed by atoms with Crippen molar-refractivity contribution in [2.45, 2.75) is 45.3 Å². The highest BCUT2D eigenvalue weighted by atomic mass is 16.5. The number of ether oxygens (including phenoxy) is 1. The van der Waals surface area contributed by atoms with E-state index in [4.69, 9.17) is 9.26 Å². The molecule has 0 unspecified atom stereocenters. The molecule has 0 saturated heterocycles. The largest absolute Gasteiger partial charge is 0.384 e. The minimum atomic E-state index is 0.311. The van der Waals surface area contributed by atoms with E-state index in [1.54, 1.807) is 7.11 Å². The standard InChI is InChI=1S/C16H23N5O2/c1-11-5-14(18-23-11)8-20-7-13(10-22-2)16-15(9-20)17-19-21(16)6-12-3-4-12/h5,12-13H,3-4,6-10H2,1-2H3/t13-/m0/s1. The van der Waals surface area contributed by atoms with Crippen LogP contribution in [0.2, 0.25) is 0 Å². The van der Waals surface area contributed by atoms with Gasteiger partial charge in [-0.1, -0.05) is 10.4 Å². The Balaban J connectivity index is 1.54. The van der Waals surface area contributed by atoms with Gasteiger partial charge in [0, 0.05) is 45.3 Å². The van der Waals surface area contributed by atoms with Crippen LogP contribution in [0.1, 0.15) is 41.6 Å². The van der Waals surface area contributed by atoms with Crippen molar-refractivity contribution in [1.29, 1.82) is 0 Å². The summed E-state index contributed by atoms with van der Waals surface area (Å²) in [6, 6.07) is 1.99. The van der Waals surface area contributed by atoms with Crippen LogP contribution in [0.4, 0.5) is 0 Å². The molecular formula is C16H23N5O2. The van der Waals surface area contributed by atoms with Gasteiger partial charge in [-0.2, -0.15) is 0 Å². The molecule has 7 heteroatoms. The van der Waals surface area contributed by atoms with Crippen LogP contribution in [-0.2, 0) is 24.4 Å². The van der Waals surface area contributed by atoms with Crippen molar-refractivity contribution in [3.8, 4) is 0 Å². The van der Waals surface area contributed by atoms with Crippen molar-refractivity contribution in [3.63, 3.8) is 0 Å². The van der Waals surface area contributed by atoms with Gasteiger partial charge in [0.1, 0.15) is 11.5 Å². The maximum absolute atomic E-state index is 5.46. The fourth-order valence-electron chi connectivity index (χ4n) is 3.44. The first-order valence-corrected chi connectivity index (χ1v) is 8.28. The summed E-state index contributed by atoms with van der Waals surface area (Å²) in [5.74, 6) is 1.95. The average Bonchev–Trinajstić information content (AvgIpc) is 3.11. The Hall–Kier alpha value is -1.73. The van der Waals surface area contributed by atoms with Gasteiger partial charge in [0.05, 0.1) is 18.0 Å². The van der Waals surface area contributed by atoms with Crippen LogP contribution in [0, 0.1) is 12.8 Å². The monoisotopic (exact) mass is 317 g/mol. The number of rotatable bonds is 6. The number of fused-ring (bicyclic) bond motifs is 1. The normalized spacial score (nSPS) is 21.6. The van der Waals surface area contributed by atoms with E-state index < -0.39 is 0 Å².